The SMILES string of the molecule is CCn1nc(C)c(COc2cccnc2C(=O)O)c1Sc1cc(Cl)cc(Cl)c1. The fraction of sp³-hybridized carbons (Fsp3) is 0.211. The lowest BCUT2D eigenvalue weighted by atomic mass is 10.3. The van der Waals surface area contributed by atoms with Crippen LogP contribution in [-0.4, -0.2) is 25.8 Å². The first-order chi connectivity index (χ1) is 13.4. The number of carboxylic acid groups (broad SMARTS) is 1. The topological polar surface area (TPSA) is 77.2 Å². The Kier molecular flexibility index (Phi) is 6.49. The molecule has 0 spiro atoms. The Labute approximate surface area is 176 Å². The normalized spacial score (nSPS) is 10.9. The van der Waals surface area contributed by atoms with E-state index in [1.165, 1.54) is 18.0 Å². The maximum absolute atomic E-state index is 11.3. The summed E-state index contributed by atoms with van der Waals surface area (Å²) in [6, 6.07) is 8.55. The quantitative estimate of drug-likeness (QED) is 0.537. The van der Waals surface area contributed by atoms with E-state index in [0.717, 1.165) is 21.2 Å². The van der Waals surface area contributed by atoms with Crippen LogP contribution in [0.2, 0.25) is 10.0 Å². The van der Waals surface area contributed by atoms with Crippen molar-refractivity contribution in [2.75, 3.05) is 0 Å². The van der Waals surface area contributed by atoms with E-state index < -0.39 is 5.97 Å². The van der Waals surface area contributed by atoms with Crippen molar-refractivity contribution in [3.8, 4) is 5.75 Å². The number of carbonyl (C=O) groups is 1. The van der Waals surface area contributed by atoms with Crippen molar-refractivity contribution in [1.29, 1.82) is 0 Å². The first-order valence-electron chi connectivity index (χ1n) is 8.40. The third-order valence-corrected chi connectivity index (χ3v) is 5.45. The van der Waals surface area contributed by atoms with Crippen molar-refractivity contribution in [3.63, 3.8) is 0 Å². The predicted octanol–water partition coefficient (Wildman–Crippen LogP) is 5.34. The van der Waals surface area contributed by atoms with E-state index in [0.29, 0.717) is 16.6 Å². The predicted molar refractivity (Wildman–Crippen MR) is 109 cm³/mol. The van der Waals surface area contributed by atoms with Crippen molar-refractivity contribution >= 4 is 40.9 Å². The van der Waals surface area contributed by atoms with Crippen LogP contribution < -0.4 is 4.74 Å². The molecule has 0 bridgehead atoms. The molecule has 0 amide bonds. The summed E-state index contributed by atoms with van der Waals surface area (Å²) < 4.78 is 7.66. The van der Waals surface area contributed by atoms with Crippen LogP contribution in [0.15, 0.2) is 46.5 Å². The van der Waals surface area contributed by atoms with Gasteiger partial charge in [0.1, 0.15) is 11.6 Å². The minimum Gasteiger partial charge on any atom is -0.486 e. The van der Waals surface area contributed by atoms with Gasteiger partial charge in [-0.05, 0) is 44.2 Å². The molecular weight excluding hydrogens is 421 g/mol. The highest BCUT2D eigenvalue weighted by molar-refractivity contribution is 7.99. The van der Waals surface area contributed by atoms with Gasteiger partial charge in [0.2, 0.25) is 0 Å². The van der Waals surface area contributed by atoms with E-state index in [4.69, 9.17) is 27.9 Å². The minimum absolute atomic E-state index is 0.126. The first-order valence-corrected chi connectivity index (χ1v) is 9.97. The molecule has 0 aliphatic rings. The molecule has 28 heavy (non-hydrogen) atoms. The van der Waals surface area contributed by atoms with Crippen molar-refractivity contribution in [1.82, 2.24) is 14.8 Å². The molecule has 0 unspecified atom stereocenters. The Morgan fingerprint density at radius 3 is 2.64 bits per heavy atom. The number of aryl methyl sites for hydroxylation is 2. The Balaban J connectivity index is 1.91. The number of halogens is 2. The summed E-state index contributed by atoms with van der Waals surface area (Å²) in [6.07, 6.45) is 1.42. The standard InChI is InChI=1S/C19H17Cl2N3O3S/c1-3-24-18(28-14-8-12(20)7-13(21)9-14)15(11(2)23-24)10-27-16-5-4-6-22-17(16)19(25)26/h4-9H,3,10H2,1-2H3,(H,25,26). The summed E-state index contributed by atoms with van der Waals surface area (Å²) >= 11 is 13.7. The second-order valence-corrected chi connectivity index (χ2v) is 7.77. The summed E-state index contributed by atoms with van der Waals surface area (Å²) in [5.74, 6) is -0.930. The van der Waals surface area contributed by atoms with Crippen LogP contribution in [-0.2, 0) is 13.2 Å². The van der Waals surface area contributed by atoms with Crippen LogP contribution in [0.1, 0.15) is 28.7 Å². The number of nitrogens with zero attached hydrogens (tertiary/aromatic N) is 3. The van der Waals surface area contributed by atoms with Gasteiger partial charge in [-0.3, -0.25) is 4.68 Å². The lowest BCUT2D eigenvalue weighted by Gasteiger charge is -2.11. The summed E-state index contributed by atoms with van der Waals surface area (Å²) in [5.41, 5.74) is 1.54. The zero-order chi connectivity index (χ0) is 20.3. The number of carboxylic acids is 1. The van der Waals surface area contributed by atoms with Gasteiger partial charge >= 0.3 is 5.97 Å². The van der Waals surface area contributed by atoms with E-state index in [1.54, 1.807) is 18.2 Å². The van der Waals surface area contributed by atoms with Crippen LogP contribution >= 0.6 is 35.0 Å². The number of aromatic carboxylic acids is 1. The van der Waals surface area contributed by atoms with Crippen molar-refractivity contribution in [2.24, 2.45) is 0 Å². The lowest BCUT2D eigenvalue weighted by Crippen LogP contribution is -2.06. The number of benzene rings is 1. The highest BCUT2D eigenvalue weighted by Crippen LogP contribution is 2.35. The molecule has 0 radical (unpaired) electrons. The van der Waals surface area contributed by atoms with E-state index in [2.05, 4.69) is 10.1 Å². The van der Waals surface area contributed by atoms with E-state index in [-0.39, 0.29) is 18.1 Å². The number of pyridine rings is 1. The molecule has 2 aromatic heterocycles. The van der Waals surface area contributed by atoms with E-state index in [1.807, 2.05) is 30.7 Å². The Hall–Kier alpha value is -2.22. The molecule has 3 aromatic rings. The number of hydrogen-bond donors (Lipinski definition) is 1. The highest BCUT2D eigenvalue weighted by Gasteiger charge is 2.19. The molecule has 0 fully saturated rings. The van der Waals surface area contributed by atoms with Gasteiger partial charge in [0, 0.05) is 33.2 Å². The monoisotopic (exact) mass is 437 g/mol. The number of aromatic nitrogens is 3. The smallest absolute Gasteiger partial charge is 0.358 e. The molecule has 0 saturated carbocycles. The van der Waals surface area contributed by atoms with Gasteiger partial charge in [-0.15, -0.1) is 0 Å². The van der Waals surface area contributed by atoms with Crippen LogP contribution in [0.5, 0.6) is 5.75 Å². The minimum atomic E-state index is -1.14. The molecule has 146 valence electrons. The molecule has 3 rings (SSSR count). The zero-order valence-electron chi connectivity index (χ0n) is 15.1. The average molecular weight is 438 g/mol. The second kappa shape index (κ2) is 8.86. The number of ether oxygens (including phenoxy) is 1. The first kappa shape index (κ1) is 20.5. The van der Waals surface area contributed by atoms with Gasteiger partial charge in [-0.1, -0.05) is 35.0 Å². The molecule has 1 N–H and O–H groups in total. The highest BCUT2D eigenvalue weighted by atomic mass is 35.5. The molecule has 0 saturated heterocycles. The van der Waals surface area contributed by atoms with Gasteiger partial charge in [0.15, 0.2) is 11.4 Å². The van der Waals surface area contributed by atoms with Gasteiger partial charge < -0.3 is 9.84 Å². The average Bonchev–Trinajstić information content (AvgIpc) is 2.94. The third kappa shape index (κ3) is 4.60. The van der Waals surface area contributed by atoms with E-state index in [9.17, 15) is 9.90 Å². The summed E-state index contributed by atoms with van der Waals surface area (Å²) in [4.78, 5) is 16.1. The summed E-state index contributed by atoms with van der Waals surface area (Å²) in [6.45, 7) is 4.72. The fourth-order valence-electron chi connectivity index (χ4n) is 2.61. The maximum atomic E-state index is 11.3. The van der Waals surface area contributed by atoms with Crippen LogP contribution in [0, 0.1) is 6.92 Å². The van der Waals surface area contributed by atoms with Crippen LogP contribution in [0.4, 0.5) is 0 Å². The van der Waals surface area contributed by atoms with E-state index >= 15 is 0 Å². The molecule has 2 heterocycles. The molecule has 1 aromatic carbocycles. The Bertz CT molecular complexity index is 1000. The molecule has 0 aliphatic heterocycles. The molecule has 0 aliphatic carbocycles. The Morgan fingerprint density at radius 1 is 1.29 bits per heavy atom. The molecule has 9 heteroatoms. The number of hydrogen-bond acceptors (Lipinski definition) is 5. The summed E-state index contributed by atoms with van der Waals surface area (Å²) in [5, 5.41) is 15.8. The zero-order valence-corrected chi connectivity index (χ0v) is 17.5. The second-order valence-electron chi connectivity index (χ2n) is 5.84. The number of rotatable bonds is 7. The Morgan fingerprint density at radius 2 is 2.00 bits per heavy atom. The third-order valence-electron chi connectivity index (χ3n) is 3.90. The van der Waals surface area contributed by atoms with Gasteiger partial charge in [0.25, 0.3) is 0 Å². The maximum Gasteiger partial charge on any atom is 0.358 e. The molecule has 0 atom stereocenters. The molecule has 6 nitrogen and oxygen atoms in total. The van der Waals surface area contributed by atoms with Crippen molar-refractivity contribution < 1.29 is 14.6 Å². The fourth-order valence-corrected chi connectivity index (χ4v) is 4.46. The van der Waals surface area contributed by atoms with Crippen molar-refractivity contribution in [3.05, 3.63) is 63.5 Å². The van der Waals surface area contributed by atoms with Gasteiger partial charge in [-0.2, -0.15) is 5.10 Å². The lowest BCUT2D eigenvalue weighted by molar-refractivity contribution is 0.0684. The van der Waals surface area contributed by atoms with Gasteiger partial charge in [-0.25, -0.2) is 9.78 Å². The molecular formula is C19H17Cl2N3O3S. The largest absolute Gasteiger partial charge is 0.486 e. The van der Waals surface area contributed by atoms with Crippen LogP contribution in [0.25, 0.3) is 0 Å². The van der Waals surface area contributed by atoms with Crippen molar-refractivity contribution in [2.45, 2.75) is 36.9 Å². The summed E-state index contributed by atoms with van der Waals surface area (Å²) in [7, 11) is 0. The van der Waals surface area contributed by atoms with Gasteiger partial charge in [0.05, 0.1) is 5.69 Å². The van der Waals surface area contributed by atoms with Crippen LogP contribution in [0.3, 0.4) is 0 Å².